The molecule has 0 aliphatic heterocycles. The Bertz CT molecular complexity index is 118. The molecule has 0 aliphatic carbocycles. The topological polar surface area (TPSA) is 121 Å². The molecule has 0 saturated carbocycles. The summed E-state index contributed by atoms with van der Waals surface area (Å²) in [7, 11) is 0. The van der Waals surface area contributed by atoms with E-state index >= 15 is 0 Å². The van der Waals surface area contributed by atoms with Gasteiger partial charge in [-0.15, -0.1) is 0 Å². The van der Waals surface area contributed by atoms with Crippen LogP contribution >= 0.6 is 0 Å². The molecule has 1 unspecified atom stereocenters. The van der Waals surface area contributed by atoms with Crippen molar-refractivity contribution in [3.05, 3.63) is 0 Å². The summed E-state index contributed by atoms with van der Waals surface area (Å²) in [5.74, 6) is -0.933. The van der Waals surface area contributed by atoms with Gasteiger partial charge in [-0.05, 0) is 19.4 Å². The Labute approximate surface area is 114 Å². The van der Waals surface area contributed by atoms with Crippen molar-refractivity contribution in [3.8, 4) is 0 Å². The standard InChI is InChI=1S/C6H14N2O2.Mo.Na.H2O/c7-4-2-1-3-5(8)6(9)10;;;/h5H,1-4,7-8H2,(H,9,10);;;1H2. The predicted octanol–water partition coefficient (Wildman–Crippen LogP) is -1.68. The van der Waals surface area contributed by atoms with Crippen molar-refractivity contribution < 1.29 is 36.4 Å². The number of hydrogen-bond acceptors (Lipinski definition) is 3. The zero-order valence-corrected chi connectivity index (χ0v) is 11.8. The molecule has 7 heteroatoms. The summed E-state index contributed by atoms with van der Waals surface area (Å²) in [5, 5.41) is 8.33. The smallest absolute Gasteiger partial charge is 0.320 e. The molecule has 0 aliphatic rings. The summed E-state index contributed by atoms with van der Waals surface area (Å²) in [6, 6.07) is -0.716. The quantitative estimate of drug-likeness (QED) is 0.412. The molecule has 0 rings (SSSR count). The predicted molar refractivity (Wildman–Crippen MR) is 47.9 cm³/mol. The van der Waals surface area contributed by atoms with Gasteiger partial charge in [-0.3, -0.25) is 4.79 Å². The summed E-state index contributed by atoms with van der Waals surface area (Å²) < 4.78 is 0. The first kappa shape index (κ1) is 23.7. The van der Waals surface area contributed by atoms with Crippen LogP contribution in [0.4, 0.5) is 0 Å². The van der Waals surface area contributed by atoms with E-state index in [1.54, 1.807) is 0 Å². The molecule has 1 radical (unpaired) electrons. The van der Waals surface area contributed by atoms with Crippen molar-refractivity contribution in [1.29, 1.82) is 0 Å². The van der Waals surface area contributed by atoms with Crippen LogP contribution in [-0.4, -0.2) is 58.7 Å². The third-order valence-corrected chi connectivity index (χ3v) is 1.29. The molecule has 0 spiro atoms. The molecular formula is C6H16MoN2NaO3. The van der Waals surface area contributed by atoms with Crippen LogP contribution in [0.3, 0.4) is 0 Å². The van der Waals surface area contributed by atoms with Gasteiger partial charge in [0.25, 0.3) is 0 Å². The molecular weight excluding hydrogens is 267 g/mol. The number of carbonyl (C=O) groups is 1. The van der Waals surface area contributed by atoms with Gasteiger partial charge in [0.2, 0.25) is 0 Å². The Morgan fingerprint density at radius 2 is 1.85 bits per heavy atom. The van der Waals surface area contributed by atoms with Crippen molar-refractivity contribution in [1.82, 2.24) is 0 Å². The largest absolute Gasteiger partial charge is 0.480 e. The van der Waals surface area contributed by atoms with Gasteiger partial charge >= 0.3 is 5.97 Å². The zero-order valence-electron chi connectivity index (χ0n) is 7.82. The molecule has 0 bridgehead atoms. The van der Waals surface area contributed by atoms with Gasteiger partial charge in [-0.1, -0.05) is 6.42 Å². The minimum Gasteiger partial charge on any atom is -0.480 e. The molecule has 0 aromatic carbocycles. The normalized spacial score (nSPS) is 10.0. The van der Waals surface area contributed by atoms with Gasteiger partial charge in [0.05, 0.1) is 0 Å². The second-order valence-electron chi connectivity index (χ2n) is 2.23. The van der Waals surface area contributed by atoms with Crippen LogP contribution in [0.15, 0.2) is 0 Å². The molecule has 75 valence electrons. The molecule has 1 atom stereocenters. The van der Waals surface area contributed by atoms with E-state index in [-0.39, 0.29) is 56.1 Å². The monoisotopic (exact) mass is 285 g/mol. The van der Waals surface area contributed by atoms with Crippen LogP contribution in [0.5, 0.6) is 0 Å². The van der Waals surface area contributed by atoms with Gasteiger partial charge in [0.1, 0.15) is 6.04 Å². The molecule has 0 aromatic heterocycles. The second kappa shape index (κ2) is 15.5. The molecule has 0 aromatic rings. The summed E-state index contributed by atoms with van der Waals surface area (Å²) in [6.45, 7) is 0.604. The van der Waals surface area contributed by atoms with E-state index in [2.05, 4.69) is 0 Å². The Kier molecular flexibility index (Phi) is 28.3. The summed E-state index contributed by atoms with van der Waals surface area (Å²) >= 11 is 0. The molecule has 13 heavy (non-hydrogen) atoms. The van der Waals surface area contributed by atoms with Crippen LogP contribution in [-0.2, 0) is 25.9 Å². The van der Waals surface area contributed by atoms with Crippen molar-refractivity contribution in [2.75, 3.05) is 6.54 Å². The maximum absolute atomic E-state index is 10.1. The summed E-state index contributed by atoms with van der Waals surface area (Å²) in [4.78, 5) is 10.1. The number of hydrogen-bond donors (Lipinski definition) is 3. The number of carboxylic acid groups (broad SMARTS) is 1. The van der Waals surface area contributed by atoms with Gasteiger partial charge in [0.15, 0.2) is 0 Å². The fraction of sp³-hybridized carbons (Fsp3) is 0.833. The number of nitrogens with two attached hydrogens (primary N) is 2. The third-order valence-electron chi connectivity index (χ3n) is 1.29. The van der Waals surface area contributed by atoms with Crippen molar-refractivity contribution in [2.24, 2.45) is 11.5 Å². The minimum atomic E-state index is -0.933. The van der Waals surface area contributed by atoms with Gasteiger partial charge in [-0.2, -0.15) is 0 Å². The molecule has 0 saturated heterocycles. The first-order chi connectivity index (χ1) is 4.68. The number of aliphatic carboxylic acids is 1. The van der Waals surface area contributed by atoms with Gasteiger partial charge in [-0.25, -0.2) is 0 Å². The van der Waals surface area contributed by atoms with Crippen LogP contribution in [0.2, 0.25) is 0 Å². The fourth-order valence-corrected chi connectivity index (χ4v) is 0.632. The first-order valence-corrected chi connectivity index (χ1v) is 3.37. The van der Waals surface area contributed by atoms with E-state index in [0.717, 1.165) is 12.8 Å². The minimum absolute atomic E-state index is 0. The van der Waals surface area contributed by atoms with E-state index in [1.807, 2.05) is 0 Å². The first-order valence-electron chi connectivity index (χ1n) is 3.37. The van der Waals surface area contributed by atoms with Gasteiger partial charge in [0, 0.05) is 50.6 Å². The van der Waals surface area contributed by atoms with E-state index in [4.69, 9.17) is 16.6 Å². The number of rotatable bonds is 5. The zero-order chi connectivity index (χ0) is 7.98. The Morgan fingerprint density at radius 1 is 1.38 bits per heavy atom. The van der Waals surface area contributed by atoms with Crippen LogP contribution in [0.1, 0.15) is 19.3 Å². The average Bonchev–Trinajstić information content (AvgIpc) is 1.88. The Balaban J connectivity index is -0.000000135. The van der Waals surface area contributed by atoms with Crippen molar-refractivity contribution >= 4 is 35.5 Å². The summed E-state index contributed by atoms with van der Waals surface area (Å²) in [5.41, 5.74) is 10.4. The van der Waals surface area contributed by atoms with E-state index < -0.39 is 12.0 Å². The van der Waals surface area contributed by atoms with Crippen LogP contribution in [0.25, 0.3) is 0 Å². The average molecular weight is 283 g/mol. The molecule has 5 nitrogen and oxygen atoms in total. The van der Waals surface area contributed by atoms with Crippen LogP contribution < -0.4 is 11.5 Å². The van der Waals surface area contributed by atoms with Crippen molar-refractivity contribution in [3.63, 3.8) is 0 Å². The summed E-state index contributed by atoms with van der Waals surface area (Å²) in [6.07, 6.45) is 2.16. The maximum atomic E-state index is 10.1. The van der Waals surface area contributed by atoms with Crippen LogP contribution in [0, 0.1) is 0 Å². The third kappa shape index (κ3) is 15.8. The Morgan fingerprint density at radius 3 is 2.15 bits per heavy atom. The SMILES string of the molecule is NCCCCC(N)C(=O)O.O.[Mo].[Na]. The maximum Gasteiger partial charge on any atom is 0.320 e. The van der Waals surface area contributed by atoms with E-state index in [0.29, 0.717) is 13.0 Å². The van der Waals surface area contributed by atoms with Gasteiger partial charge < -0.3 is 22.1 Å². The molecule has 0 heterocycles. The second-order valence-corrected chi connectivity index (χ2v) is 2.23. The molecule has 0 fully saturated rings. The number of unbranched alkanes of at least 4 members (excludes halogenated alkanes) is 1. The Hall–Kier alpha value is 1.04. The number of carboxylic acids is 1. The molecule has 7 N–H and O–H groups in total. The van der Waals surface area contributed by atoms with E-state index in [9.17, 15) is 4.79 Å². The molecule has 0 amide bonds. The van der Waals surface area contributed by atoms with Crippen molar-refractivity contribution in [2.45, 2.75) is 25.3 Å². The fourth-order valence-electron chi connectivity index (χ4n) is 0.632. The van der Waals surface area contributed by atoms with E-state index in [1.165, 1.54) is 0 Å².